The van der Waals surface area contributed by atoms with Gasteiger partial charge in [-0.15, -0.1) is 11.3 Å². The maximum Gasteiger partial charge on any atom is 0.254 e. The van der Waals surface area contributed by atoms with Crippen molar-refractivity contribution in [3.05, 3.63) is 45.9 Å². The summed E-state index contributed by atoms with van der Waals surface area (Å²) < 4.78 is 11.3. The number of nitrogens with zero attached hydrogens (tertiary/aromatic N) is 1. The van der Waals surface area contributed by atoms with Gasteiger partial charge >= 0.3 is 0 Å². The lowest BCUT2D eigenvalue weighted by Crippen LogP contribution is -2.32. The summed E-state index contributed by atoms with van der Waals surface area (Å²) in [5, 5.41) is 4.13. The number of aromatic nitrogens is 1. The zero-order chi connectivity index (χ0) is 18.4. The fraction of sp³-hybridized carbons (Fsp3) is 0.474. The molecule has 0 radical (unpaired) electrons. The monoisotopic (exact) mass is 394 g/mol. The number of rotatable bonds is 7. The molecule has 0 spiro atoms. The predicted octanol–water partition coefficient (Wildman–Crippen LogP) is 4.30. The molecular weight excluding hydrogens is 372 g/mol. The Bertz CT molecular complexity index is 731. The molecule has 1 aliphatic heterocycles. The molecule has 2 atom stereocenters. The Kier molecular flexibility index (Phi) is 7.02. The second-order valence-electron chi connectivity index (χ2n) is 6.35. The van der Waals surface area contributed by atoms with Crippen LogP contribution < -0.4 is 5.32 Å². The Morgan fingerprint density at radius 3 is 3.08 bits per heavy atom. The van der Waals surface area contributed by atoms with E-state index in [4.69, 9.17) is 21.1 Å². The highest BCUT2D eigenvalue weighted by Crippen LogP contribution is 2.25. The van der Waals surface area contributed by atoms with Crippen molar-refractivity contribution in [3.8, 4) is 0 Å². The van der Waals surface area contributed by atoms with Crippen molar-refractivity contribution in [2.75, 3.05) is 18.5 Å². The van der Waals surface area contributed by atoms with Gasteiger partial charge in [-0.05, 0) is 37.8 Å². The summed E-state index contributed by atoms with van der Waals surface area (Å²) in [6, 6.07) is 7.73. The molecule has 1 saturated heterocycles. The van der Waals surface area contributed by atoms with Gasteiger partial charge in [0, 0.05) is 29.1 Å². The quantitative estimate of drug-likeness (QED) is 0.760. The van der Waals surface area contributed by atoms with E-state index >= 15 is 0 Å². The fourth-order valence-electron chi connectivity index (χ4n) is 2.75. The lowest BCUT2D eigenvalue weighted by atomic mass is 10.1. The highest BCUT2D eigenvalue weighted by molar-refractivity contribution is 7.15. The first-order valence-electron chi connectivity index (χ1n) is 8.84. The fourth-order valence-corrected chi connectivity index (χ4v) is 3.79. The summed E-state index contributed by atoms with van der Waals surface area (Å²) in [4.78, 5) is 17.6. The van der Waals surface area contributed by atoms with Crippen molar-refractivity contribution in [1.29, 1.82) is 0 Å². The second kappa shape index (κ2) is 9.46. The molecule has 1 aliphatic rings. The maximum atomic E-state index is 12.3. The number of thiazole rings is 1. The van der Waals surface area contributed by atoms with Gasteiger partial charge in [-0.2, -0.15) is 0 Å². The number of ether oxygens (including phenoxy) is 2. The molecule has 0 saturated carbocycles. The Morgan fingerprint density at radius 2 is 2.31 bits per heavy atom. The molecule has 0 aliphatic carbocycles. The molecule has 7 heteroatoms. The zero-order valence-electron chi connectivity index (χ0n) is 14.7. The van der Waals surface area contributed by atoms with Crippen LogP contribution in [0.3, 0.4) is 0 Å². The van der Waals surface area contributed by atoms with Crippen LogP contribution in [0.2, 0.25) is 5.02 Å². The Balaban J connectivity index is 1.48. The van der Waals surface area contributed by atoms with E-state index in [1.165, 1.54) is 11.3 Å². The maximum absolute atomic E-state index is 12.3. The van der Waals surface area contributed by atoms with Crippen LogP contribution in [0, 0.1) is 0 Å². The molecule has 1 aromatic carbocycles. The molecule has 3 rings (SSSR count). The van der Waals surface area contributed by atoms with E-state index in [1.54, 1.807) is 13.1 Å². The molecule has 0 unspecified atom stereocenters. The van der Waals surface area contributed by atoms with Crippen LogP contribution in [0.4, 0.5) is 5.13 Å². The summed E-state index contributed by atoms with van der Waals surface area (Å²) >= 11 is 7.64. The van der Waals surface area contributed by atoms with Crippen molar-refractivity contribution < 1.29 is 14.3 Å². The van der Waals surface area contributed by atoms with Crippen LogP contribution in [-0.4, -0.2) is 36.3 Å². The third-order valence-electron chi connectivity index (χ3n) is 4.28. The van der Waals surface area contributed by atoms with E-state index in [-0.39, 0.29) is 12.0 Å². The first-order chi connectivity index (χ1) is 12.6. The van der Waals surface area contributed by atoms with Gasteiger partial charge in [0.15, 0.2) is 5.13 Å². The molecular formula is C19H23ClN2O3S. The van der Waals surface area contributed by atoms with Gasteiger partial charge in [0.1, 0.15) is 6.10 Å². The van der Waals surface area contributed by atoms with Crippen molar-refractivity contribution in [2.45, 2.75) is 44.8 Å². The first kappa shape index (κ1) is 19.3. The highest BCUT2D eigenvalue weighted by Gasteiger charge is 2.19. The van der Waals surface area contributed by atoms with E-state index in [2.05, 4.69) is 10.3 Å². The lowest BCUT2D eigenvalue weighted by molar-refractivity contribution is -0.130. The largest absolute Gasteiger partial charge is 0.376 e. The molecule has 5 nitrogen and oxygen atoms in total. The standard InChI is InChI=1S/C19H23ClN2O3S/c1-13(25-12-15-7-4-5-9-24-15)18(23)22-19-21-11-16(26-19)10-14-6-2-3-8-17(14)20/h2-3,6,8,11,13,15H,4-5,7,9-10,12H2,1H3,(H,21,22,23)/t13-,15-/m0/s1. The lowest BCUT2D eigenvalue weighted by Gasteiger charge is -2.23. The van der Waals surface area contributed by atoms with Crippen molar-refractivity contribution in [1.82, 2.24) is 4.98 Å². The molecule has 1 N–H and O–H groups in total. The number of halogens is 1. The van der Waals surface area contributed by atoms with Gasteiger partial charge in [0.2, 0.25) is 0 Å². The number of anilines is 1. The summed E-state index contributed by atoms with van der Waals surface area (Å²) in [5.74, 6) is -0.195. The van der Waals surface area contributed by atoms with E-state index in [9.17, 15) is 4.79 Å². The Labute approximate surface area is 162 Å². The van der Waals surface area contributed by atoms with Crippen LogP contribution >= 0.6 is 22.9 Å². The van der Waals surface area contributed by atoms with Crippen molar-refractivity contribution >= 4 is 34.0 Å². The number of carbonyl (C=O) groups is 1. The van der Waals surface area contributed by atoms with Crippen molar-refractivity contribution in [3.63, 3.8) is 0 Å². The molecule has 1 amide bonds. The average molecular weight is 395 g/mol. The number of amides is 1. The smallest absolute Gasteiger partial charge is 0.254 e. The van der Waals surface area contributed by atoms with Gasteiger partial charge in [-0.1, -0.05) is 29.8 Å². The first-order valence-corrected chi connectivity index (χ1v) is 10.0. The highest BCUT2D eigenvalue weighted by atomic mass is 35.5. The van der Waals surface area contributed by atoms with Crippen LogP contribution in [0.5, 0.6) is 0 Å². The summed E-state index contributed by atoms with van der Waals surface area (Å²) in [5.41, 5.74) is 1.04. The van der Waals surface area contributed by atoms with Gasteiger partial charge in [0.25, 0.3) is 5.91 Å². The molecule has 26 heavy (non-hydrogen) atoms. The SMILES string of the molecule is C[C@H](OC[C@@H]1CCCCO1)C(=O)Nc1ncc(Cc2ccccc2Cl)s1. The molecule has 2 aromatic rings. The Morgan fingerprint density at radius 1 is 1.46 bits per heavy atom. The van der Waals surface area contributed by atoms with Crippen LogP contribution in [0.1, 0.15) is 36.6 Å². The summed E-state index contributed by atoms with van der Waals surface area (Å²) in [7, 11) is 0. The molecule has 1 aromatic heterocycles. The molecule has 140 valence electrons. The zero-order valence-corrected chi connectivity index (χ0v) is 16.3. The molecule has 1 fully saturated rings. The average Bonchev–Trinajstić information content (AvgIpc) is 3.09. The van der Waals surface area contributed by atoms with Gasteiger partial charge in [-0.3, -0.25) is 10.1 Å². The van der Waals surface area contributed by atoms with Gasteiger partial charge < -0.3 is 9.47 Å². The molecule has 0 bridgehead atoms. The van der Waals surface area contributed by atoms with E-state index < -0.39 is 6.10 Å². The van der Waals surface area contributed by atoms with Crippen molar-refractivity contribution in [2.24, 2.45) is 0 Å². The predicted molar refractivity (Wildman–Crippen MR) is 104 cm³/mol. The number of hydrogen-bond donors (Lipinski definition) is 1. The number of nitrogens with one attached hydrogen (secondary N) is 1. The third-order valence-corrected chi connectivity index (χ3v) is 5.56. The summed E-state index contributed by atoms with van der Waals surface area (Å²) in [6.45, 7) is 2.97. The minimum Gasteiger partial charge on any atom is -0.376 e. The Hall–Kier alpha value is -1.47. The number of carbonyl (C=O) groups excluding carboxylic acids is 1. The number of hydrogen-bond acceptors (Lipinski definition) is 5. The normalized spacial score (nSPS) is 18.5. The van der Waals surface area contributed by atoms with E-state index in [1.807, 2.05) is 24.3 Å². The van der Waals surface area contributed by atoms with E-state index in [0.717, 1.165) is 41.3 Å². The summed E-state index contributed by atoms with van der Waals surface area (Å²) in [6.07, 6.45) is 5.27. The molecule has 2 heterocycles. The number of benzene rings is 1. The van der Waals surface area contributed by atoms with Crippen LogP contribution in [0.25, 0.3) is 0 Å². The van der Waals surface area contributed by atoms with Crippen LogP contribution in [-0.2, 0) is 20.7 Å². The third kappa shape index (κ3) is 5.51. The van der Waals surface area contributed by atoms with Crippen LogP contribution in [0.15, 0.2) is 30.5 Å². The van der Waals surface area contributed by atoms with E-state index in [0.29, 0.717) is 18.2 Å². The topological polar surface area (TPSA) is 60.5 Å². The van der Waals surface area contributed by atoms with Gasteiger partial charge in [-0.25, -0.2) is 4.98 Å². The van der Waals surface area contributed by atoms with Gasteiger partial charge in [0.05, 0.1) is 12.7 Å². The second-order valence-corrected chi connectivity index (χ2v) is 7.88. The minimum absolute atomic E-state index is 0.0982. The minimum atomic E-state index is -0.545.